The van der Waals surface area contributed by atoms with Crippen molar-refractivity contribution in [1.29, 1.82) is 0 Å². The summed E-state index contributed by atoms with van der Waals surface area (Å²) in [5.74, 6) is 1.00. The van der Waals surface area contributed by atoms with E-state index in [1.807, 2.05) is 11.8 Å². The second-order valence-electron chi connectivity index (χ2n) is 4.12. The summed E-state index contributed by atoms with van der Waals surface area (Å²) in [6.45, 7) is 4.37. The van der Waals surface area contributed by atoms with Crippen molar-refractivity contribution in [3.05, 3.63) is 0 Å². The van der Waals surface area contributed by atoms with Crippen molar-refractivity contribution < 1.29 is 4.79 Å². The molecule has 1 fully saturated rings. The number of amides is 1. The van der Waals surface area contributed by atoms with Crippen LogP contribution in [0.25, 0.3) is 0 Å². The highest BCUT2D eigenvalue weighted by Crippen LogP contribution is 2.29. The van der Waals surface area contributed by atoms with Crippen LogP contribution in [0.2, 0.25) is 0 Å². The number of carbonyl (C=O) groups excluding carboxylic acids is 1. The predicted molar refractivity (Wildman–Crippen MR) is 57.9 cm³/mol. The smallest absolute Gasteiger partial charge is 0.222 e. The molecule has 0 heterocycles. The fourth-order valence-electron chi connectivity index (χ4n) is 1.81. The van der Waals surface area contributed by atoms with Crippen molar-refractivity contribution in [2.45, 2.75) is 39.0 Å². The first-order valence-corrected chi connectivity index (χ1v) is 5.75. The highest BCUT2D eigenvalue weighted by molar-refractivity contribution is 5.76. The number of nitrogens with two attached hydrogens (primary N) is 1. The Hall–Kier alpha value is -0.570. The van der Waals surface area contributed by atoms with Gasteiger partial charge in [0, 0.05) is 19.5 Å². The maximum absolute atomic E-state index is 11.8. The summed E-state index contributed by atoms with van der Waals surface area (Å²) in [5.41, 5.74) is 5.43. The second kappa shape index (κ2) is 6.02. The fraction of sp³-hybridized carbons (Fsp3) is 0.909. The fourth-order valence-corrected chi connectivity index (χ4v) is 1.81. The summed E-state index contributed by atoms with van der Waals surface area (Å²) in [6.07, 6.45) is 5.50. The van der Waals surface area contributed by atoms with Crippen LogP contribution in [0.5, 0.6) is 0 Å². The zero-order chi connectivity index (χ0) is 10.4. The SMILES string of the molecule is CCN(CCCN)C(=O)CC1CCC1. The molecule has 0 saturated heterocycles. The van der Waals surface area contributed by atoms with Gasteiger partial charge in [-0.3, -0.25) is 4.79 Å². The van der Waals surface area contributed by atoms with Crippen molar-refractivity contribution in [2.24, 2.45) is 11.7 Å². The third kappa shape index (κ3) is 3.29. The summed E-state index contributed by atoms with van der Waals surface area (Å²) < 4.78 is 0. The minimum Gasteiger partial charge on any atom is -0.343 e. The average molecular weight is 198 g/mol. The first kappa shape index (κ1) is 11.5. The van der Waals surface area contributed by atoms with Gasteiger partial charge in [-0.2, -0.15) is 0 Å². The molecule has 0 aliphatic heterocycles. The van der Waals surface area contributed by atoms with Gasteiger partial charge in [0.2, 0.25) is 5.91 Å². The van der Waals surface area contributed by atoms with Gasteiger partial charge in [-0.15, -0.1) is 0 Å². The van der Waals surface area contributed by atoms with E-state index in [1.54, 1.807) is 0 Å². The molecule has 0 unspecified atom stereocenters. The molecule has 3 nitrogen and oxygen atoms in total. The van der Waals surface area contributed by atoms with E-state index in [0.29, 0.717) is 18.4 Å². The Labute approximate surface area is 86.6 Å². The van der Waals surface area contributed by atoms with Gasteiger partial charge in [0.25, 0.3) is 0 Å². The predicted octanol–water partition coefficient (Wildman–Crippen LogP) is 1.37. The highest BCUT2D eigenvalue weighted by atomic mass is 16.2. The maximum Gasteiger partial charge on any atom is 0.222 e. The van der Waals surface area contributed by atoms with Crippen molar-refractivity contribution in [3.63, 3.8) is 0 Å². The minimum atomic E-state index is 0.325. The van der Waals surface area contributed by atoms with Gasteiger partial charge in [0.15, 0.2) is 0 Å². The lowest BCUT2D eigenvalue weighted by Gasteiger charge is -2.28. The van der Waals surface area contributed by atoms with Crippen LogP contribution in [0.1, 0.15) is 39.0 Å². The number of hydrogen-bond donors (Lipinski definition) is 1. The largest absolute Gasteiger partial charge is 0.343 e. The molecule has 1 rings (SSSR count). The molecular formula is C11H22N2O. The topological polar surface area (TPSA) is 46.3 Å². The third-order valence-corrected chi connectivity index (χ3v) is 3.05. The van der Waals surface area contributed by atoms with E-state index in [9.17, 15) is 4.79 Å². The van der Waals surface area contributed by atoms with Crippen LogP contribution >= 0.6 is 0 Å². The van der Waals surface area contributed by atoms with Crippen LogP contribution in [0, 0.1) is 5.92 Å². The lowest BCUT2D eigenvalue weighted by molar-refractivity contribution is -0.132. The Morgan fingerprint density at radius 3 is 2.64 bits per heavy atom. The zero-order valence-electron chi connectivity index (χ0n) is 9.17. The first-order valence-electron chi connectivity index (χ1n) is 5.75. The number of rotatable bonds is 6. The summed E-state index contributed by atoms with van der Waals surface area (Å²) in [5, 5.41) is 0. The van der Waals surface area contributed by atoms with E-state index in [4.69, 9.17) is 5.73 Å². The van der Waals surface area contributed by atoms with Gasteiger partial charge in [-0.25, -0.2) is 0 Å². The standard InChI is InChI=1S/C11H22N2O/c1-2-13(8-4-7-12)11(14)9-10-5-3-6-10/h10H,2-9,12H2,1H3. The Morgan fingerprint density at radius 2 is 2.21 bits per heavy atom. The minimum absolute atomic E-state index is 0.325. The average Bonchev–Trinajstić information content (AvgIpc) is 2.13. The lowest BCUT2D eigenvalue weighted by atomic mass is 9.82. The molecule has 1 aliphatic rings. The van der Waals surface area contributed by atoms with Gasteiger partial charge in [-0.05, 0) is 38.6 Å². The van der Waals surface area contributed by atoms with Crippen molar-refractivity contribution in [2.75, 3.05) is 19.6 Å². The molecule has 1 aliphatic carbocycles. The molecule has 82 valence electrons. The number of carbonyl (C=O) groups is 1. The third-order valence-electron chi connectivity index (χ3n) is 3.05. The molecular weight excluding hydrogens is 176 g/mol. The lowest BCUT2D eigenvalue weighted by Crippen LogP contribution is -2.34. The van der Waals surface area contributed by atoms with Crippen molar-refractivity contribution in [1.82, 2.24) is 4.90 Å². The van der Waals surface area contributed by atoms with Crippen LogP contribution in [0.15, 0.2) is 0 Å². The van der Waals surface area contributed by atoms with E-state index in [0.717, 1.165) is 25.9 Å². The van der Waals surface area contributed by atoms with E-state index in [2.05, 4.69) is 0 Å². The zero-order valence-corrected chi connectivity index (χ0v) is 9.17. The Morgan fingerprint density at radius 1 is 1.50 bits per heavy atom. The van der Waals surface area contributed by atoms with Gasteiger partial charge < -0.3 is 10.6 Å². The van der Waals surface area contributed by atoms with Gasteiger partial charge in [-0.1, -0.05) is 6.42 Å². The Balaban J connectivity index is 2.23. The van der Waals surface area contributed by atoms with Crippen LogP contribution < -0.4 is 5.73 Å². The van der Waals surface area contributed by atoms with E-state index in [1.165, 1.54) is 19.3 Å². The number of hydrogen-bond acceptors (Lipinski definition) is 2. The molecule has 0 radical (unpaired) electrons. The first-order chi connectivity index (χ1) is 6.77. The molecule has 0 aromatic heterocycles. The Bertz CT molecular complexity index is 178. The summed E-state index contributed by atoms with van der Waals surface area (Å²) in [7, 11) is 0. The van der Waals surface area contributed by atoms with Crippen LogP contribution in [-0.2, 0) is 4.79 Å². The summed E-state index contributed by atoms with van der Waals surface area (Å²) in [6, 6.07) is 0. The molecule has 14 heavy (non-hydrogen) atoms. The maximum atomic E-state index is 11.8. The van der Waals surface area contributed by atoms with Crippen LogP contribution in [0.4, 0.5) is 0 Å². The summed E-state index contributed by atoms with van der Waals surface area (Å²) >= 11 is 0. The molecule has 0 aromatic carbocycles. The van der Waals surface area contributed by atoms with Crippen LogP contribution in [-0.4, -0.2) is 30.4 Å². The van der Waals surface area contributed by atoms with Crippen LogP contribution in [0.3, 0.4) is 0 Å². The van der Waals surface area contributed by atoms with E-state index >= 15 is 0 Å². The highest BCUT2D eigenvalue weighted by Gasteiger charge is 2.22. The second-order valence-corrected chi connectivity index (χ2v) is 4.12. The molecule has 1 saturated carbocycles. The Kier molecular flexibility index (Phi) is 4.94. The molecule has 3 heteroatoms. The molecule has 0 bridgehead atoms. The van der Waals surface area contributed by atoms with Gasteiger partial charge in [0.1, 0.15) is 0 Å². The summed E-state index contributed by atoms with van der Waals surface area (Å²) in [4.78, 5) is 13.7. The molecule has 0 spiro atoms. The van der Waals surface area contributed by atoms with E-state index < -0.39 is 0 Å². The molecule has 1 amide bonds. The quantitative estimate of drug-likeness (QED) is 0.700. The van der Waals surface area contributed by atoms with Crippen molar-refractivity contribution >= 4 is 5.91 Å². The molecule has 0 atom stereocenters. The molecule has 2 N–H and O–H groups in total. The van der Waals surface area contributed by atoms with Crippen molar-refractivity contribution in [3.8, 4) is 0 Å². The normalized spacial score (nSPS) is 16.4. The number of nitrogens with zero attached hydrogens (tertiary/aromatic N) is 1. The monoisotopic (exact) mass is 198 g/mol. The van der Waals surface area contributed by atoms with Gasteiger partial charge >= 0.3 is 0 Å². The van der Waals surface area contributed by atoms with E-state index in [-0.39, 0.29) is 0 Å². The van der Waals surface area contributed by atoms with Gasteiger partial charge in [0.05, 0.1) is 0 Å². The molecule has 0 aromatic rings.